The first-order chi connectivity index (χ1) is 5.27. The average Bonchev–Trinajstić information content (AvgIpc) is 2.31. The van der Waals surface area contributed by atoms with Gasteiger partial charge in [-0.3, -0.25) is 0 Å². The van der Waals surface area contributed by atoms with Crippen molar-refractivity contribution in [3.63, 3.8) is 0 Å². The van der Waals surface area contributed by atoms with E-state index < -0.39 is 0 Å². The molecule has 2 rings (SSSR count). The van der Waals surface area contributed by atoms with Gasteiger partial charge in [0.2, 0.25) is 0 Å². The zero-order chi connectivity index (χ0) is 7.84. The Bertz CT molecular complexity index is 392. The molecule has 0 aliphatic carbocycles. The van der Waals surface area contributed by atoms with Crippen molar-refractivity contribution >= 4 is 22.6 Å². The lowest BCUT2D eigenvalue weighted by atomic mass is 10.2. The monoisotopic (exact) mass is 168 g/mol. The largest absolute Gasteiger partial charge is 0.507 e. The van der Waals surface area contributed by atoms with Crippen molar-refractivity contribution in [1.82, 2.24) is 0 Å². The number of aromatic hydroxyl groups is 1. The molecule has 0 radical (unpaired) electrons. The van der Waals surface area contributed by atoms with Gasteiger partial charge in [-0.05, 0) is 23.7 Å². The Morgan fingerprint density at radius 3 is 2.91 bits per heavy atom. The van der Waals surface area contributed by atoms with Gasteiger partial charge in [-0.2, -0.15) is 0 Å². The maximum Gasteiger partial charge on any atom is 0.194 e. The summed E-state index contributed by atoms with van der Waals surface area (Å²) in [5.41, 5.74) is 0.606. The number of fused-ring (bicyclic) bond motifs is 1. The van der Waals surface area contributed by atoms with E-state index in [-0.39, 0.29) is 5.75 Å². The van der Waals surface area contributed by atoms with E-state index >= 15 is 0 Å². The minimum absolute atomic E-state index is 0.193. The Morgan fingerprint density at radius 2 is 2.18 bits per heavy atom. The van der Waals surface area contributed by atoms with Crippen LogP contribution >= 0.6 is 11.6 Å². The Balaban J connectivity index is 2.90. The molecule has 0 saturated heterocycles. The normalized spacial score (nSPS) is 10.6. The van der Waals surface area contributed by atoms with Gasteiger partial charge in [0.15, 0.2) is 5.22 Å². The van der Waals surface area contributed by atoms with Gasteiger partial charge >= 0.3 is 0 Å². The van der Waals surface area contributed by atoms with Crippen molar-refractivity contribution < 1.29 is 9.52 Å². The molecule has 2 nitrogen and oxygen atoms in total. The third-order valence-electron chi connectivity index (χ3n) is 1.51. The molecular formula is C8H5ClO2. The van der Waals surface area contributed by atoms with Gasteiger partial charge in [-0.25, -0.2) is 0 Å². The van der Waals surface area contributed by atoms with Crippen LogP contribution in [-0.2, 0) is 0 Å². The highest BCUT2D eigenvalue weighted by Crippen LogP contribution is 2.29. The fourth-order valence-electron chi connectivity index (χ4n) is 1.01. The summed E-state index contributed by atoms with van der Waals surface area (Å²) < 4.78 is 5.05. The molecule has 0 fully saturated rings. The number of hydrogen-bond acceptors (Lipinski definition) is 2. The van der Waals surface area contributed by atoms with E-state index in [0.29, 0.717) is 16.2 Å². The molecule has 2 aromatic rings. The van der Waals surface area contributed by atoms with E-state index in [1.165, 1.54) is 0 Å². The predicted molar refractivity (Wildman–Crippen MR) is 42.9 cm³/mol. The number of phenolic OH excluding ortho intramolecular Hbond substituents is 1. The third-order valence-corrected chi connectivity index (χ3v) is 1.69. The molecule has 0 atom stereocenters. The van der Waals surface area contributed by atoms with Crippen molar-refractivity contribution in [2.75, 3.05) is 0 Å². The number of halogens is 1. The summed E-state index contributed by atoms with van der Waals surface area (Å²) in [4.78, 5) is 0. The van der Waals surface area contributed by atoms with Gasteiger partial charge in [0.05, 0.1) is 5.39 Å². The maximum atomic E-state index is 9.27. The molecule has 11 heavy (non-hydrogen) atoms. The lowest BCUT2D eigenvalue weighted by Gasteiger charge is -1.89. The standard InChI is InChI=1S/C8H5ClO2/c9-8-4-5-6(10)2-1-3-7(5)11-8/h1-4,10H. The van der Waals surface area contributed by atoms with Gasteiger partial charge in [0, 0.05) is 6.07 Å². The molecular weight excluding hydrogens is 164 g/mol. The van der Waals surface area contributed by atoms with E-state index in [0.717, 1.165) is 0 Å². The van der Waals surface area contributed by atoms with Gasteiger partial charge in [-0.1, -0.05) is 6.07 Å². The molecule has 0 unspecified atom stereocenters. The van der Waals surface area contributed by atoms with E-state index in [4.69, 9.17) is 16.0 Å². The van der Waals surface area contributed by atoms with Crippen LogP contribution in [0.3, 0.4) is 0 Å². The van der Waals surface area contributed by atoms with E-state index in [1.54, 1.807) is 24.3 Å². The van der Waals surface area contributed by atoms with E-state index in [1.807, 2.05) is 0 Å². The lowest BCUT2D eigenvalue weighted by Crippen LogP contribution is -1.63. The molecule has 0 bridgehead atoms. The highest BCUT2D eigenvalue weighted by atomic mass is 35.5. The highest BCUT2D eigenvalue weighted by Gasteiger charge is 2.03. The molecule has 0 saturated carbocycles. The zero-order valence-corrected chi connectivity index (χ0v) is 6.30. The van der Waals surface area contributed by atoms with Crippen LogP contribution < -0.4 is 0 Å². The Labute approximate surface area is 68.0 Å². The van der Waals surface area contributed by atoms with Crippen LogP contribution in [0.2, 0.25) is 5.22 Å². The highest BCUT2D eigenvalue weighted by molar-refractivity contribution is 6.29. The van der Waals surface area contributed by atoms with Crippen molar-refractivity contribution in [3.8, 4) is 5.75 Å². The minimum Gasteiger partial charge on any atom is -0.507 e. The summed E-state index contributed by atoms with van der Waals surface area (Å²) in [6.45, 7) is 0. The first-order valence-electron chi connectivity index (χ1n) is 3.14. The molecule has 56 valence electrons. The second-order valence-corrected chi connectivity index (χ2v) is 2.61. The van der Waals surface area contributed by atoms with Crippen LogP contribution in [0.4, 0.5) is 0 Å². The summed E-state index contributed by atoms with van der Waals surface area (Å²) in [5.74, 6) is 0.193. The maximum absolute atomic E-state index is 9.27. The lowest BCUT2D eigenvalue weighted by molar-refractivity contribution is 0.481. The summed E-state index contributed by atoms with van der Waals surface area (Å²) >= 11 is 5.58. The van der Waals surface area contributed by atoms with Crippen LogP contribution in [-0.4, -0.2) is 5.11 Å². The molecule has 0 spiro atoms. The van der Waals surface area contributed by atoms with E-state index in [2.05, 4.69) is 0 Å². The van der Waals surface area contributed by atoms with Gasteiger partial charge < -0.3 is 9.52 Å². The first kappa shape index (κ1) is 6.55. The molecule has 0 aliphatic rings. The van der Waals surface area contributed by atoms with Crippen LogP contribution in [0.1, 0.15) is 0 Å². The molecule has 1 heterocycles. The Kier molecular flexibility index (Phi) is 1.29. The SMILES string of the molecule is Oc1cccc2oc(Cl)cc12. The predicted octanol–water partition coefficient (Wildman–Crippen LogP) is 2.79. The summed E-state index contributed by atoms with van der Waals surface area (Å²) in [6, 6.07) is 6.64. The van der Waals surface area contributed by atoms with Crippen molar-refractivity contribution in [2.24, 2.45) is 0 Å². The van der Waals surface area contributed by atoms with Crippen LogP contribution in [0.5, 0.6) is 5.75 Å². The van der Waals surface area contributed by atoms with Gasteiger partial charge in [-0.15, -0.1) is 0 Å². The smallest absolute Gasteiger partial charge is 0.194 e. The topological polar surface area (TPSA) is 33.4 Å². The van der Waals surface area contributed by atoms with Gasteiger partial charge in [0.25, 0.3) is 0 Å². The summed E-state index contributed by atoms with van der Waals surface area (Å²) in [5, 5.41) is 10.2. The zero-order valence-electron chi connectivity index (χ0n) is 5.54. The molecule has 0 aliphatic heterocycles. The fourth-order valence-corrected chi connectivity index (χ4v) is 1.21. The first-order valence-corrected chi connectivity index (χ1v) is 3.52. The molecule has 3 heteroatoms. The van der Waals surface area contributed by atoms with Crippen molar-refractivity contribution in [1.29, 1.82) is 0 Å². The number of furan rings is 1. The molecule has 1 N–H and O–H groups in total. The number of hydrogen-bond donors (Lipinski definition) is 1. The van der Waals surface area contributed by atoms with Gasteiger partial charge in [0.1, 0.15) is 11.3 Å². The Morgan fingerprint density at radius 1 is 1.36 bits per heavy atom. The average molecular weight is 169 g/mol. The van der Waals surface area contributed by atoms with Crippen LogP contribution in [0, 0.1) is 0 Å². The van der Waals surface area contributed by atoms with Crippen LogP contribution in [0.25, 0.3) is 11.0 Å². The number of rotatable bonds is 0. The van der Waals surface area contributed by atoms with E-state index in [9.17, 15) is 5.11 Å². The molecule has 1 aromatic carbocycles. The second-order valence-electron chi connectivity index (χ2n) is 2.24. The van der Waals surface area contributed by atoms with Crippen molar-refractivity contribution in [2.45, 2.75) is 0 Å². The van der Waals surface area contributed by atoms with Crippen LogP contribution in [0.15, 0.2) is 28.7 Å². The number of benzene rings is 1. The molecule has 0 amide bonds. The Hall–Kier alpha value is -1.15. The third kappa shape index (κ3) is 0.955. The molecule has 1 aromatic heterocycles. The number of phenols is 1. The second kappa shape index (κ2) is 2.17. The fraction of sp³-hybridized carbons (Fsp3) is 0. The quantitative estimate of drug-likeness (QED) is 0.656. The van der Waals surface area contributed by atoms with Crippen molar-refractivity contribution in [3.05, 3.63) is 29.5 Å². The summed E-state index contributed by atoms with van der Waals surface area (Å²) in [7, 11) is 0. The summed E-state index contributed by atoms with van der Waals surface area (Å²) in [6.07, 6.45) is 0. The minimum atomic E-state index is 0.193.